The fourth-order valence-electron chi connectivity index (χ4n) is 1.87. The van der Waals surface area contributed by atoms with Crippen LogP contribution in [0.15, 0.2) is 24.3 Å². The van der Waals surface area contributed by atoms with Crippen LogP contribution < -0.4 is 16.4 Å². The number of methoxy groups -OCH3 is 1. The summed E-state index contributed by atoms with van der Waals surface area (Å²) in [7, 11) is 1.46. The SMILES string of the molecule is CCC(CN)CC(=O)Nc1cccc(NC(=O)COC)c1. The van der Waals surface area contributed by atoms with E-state index in [0.717, 1.165) is 6.42 Å². The largest absolute Gasteiger partial charge is 0.375 e. The summed E-state index contributed by atoms with van der Waals surface area (Å²) in [5, 5.41) is 5.49. The molecule has 1 unspecified atom stereocenters. The van der Waals surface area contributed by atoms with Crippen LogP contribution >= 0.6 is 0 Å². The molecule has 0 saturated carbocycles. The lowest BCUT2D eigenvalue weighted by molar-refractivity contribution is -0.119. The van der Waals surface area contributed by atoms with E-state index in [1.165, 1.54) is 7.11 Å². The highest BCUT2D eigenvalue weighted by atomic mass is 16.5. The molecule has 1 atom stereocenters. The second kappa shape index (κ2) is 9.10. The molecule has 0 aliphatic carbocycles. The van der Waals surface area contributed by atoms with Gasteiger partial charge < -0.3 is 21.1 Å². The van der Waals surface area contributed by atoms with Crippen molar-refractivity contribution < 1.29 is 14.3 Å². The highest BCUT2D eigenvalue weighted by Gasteiger charge is 2.11. The molecule has 0 bridgehead atoms. The van der Waals surface area contributed by atoms with Gasteiger partial charge in [0.25, 0.3) is 0 Å². The summed E-state index contributed by atoms with van der Waals surface area (Å²) in [6.07, 6.45) is 1.27. The third-order valence-electron chi connectivity index (χ3n) is 3.09. The predicted octanol–water partition coefficient (Wildman–Crippen LogP) is 1.58. The third-order valence-corrected chi connectivity index (χ3v) is 3.09. The second-order valence-corrected chi connectivity index (χ2v) is 4.82. The molecule has 0 fully saturated rings. The maximum atomic E-state index is 11.9. The summed E-state index contributed by atoms with van der Waals surface area (Å²) < 4.78 is 4.75. The molecule has 0 aromatic heterocycles. The summed E-state index contributed by atoms with van der Waals surface area (Å²) in [4.78, 5) is 23.3. The number of benzene rings is 1. The predicted molar refractivity (Wildman–Crippen MR) is 83.0 cm³/mol. The second-order valence-electron chi connectivity index (χ2n) is 4.82. The zero-order valence-corrected chi connectivity index (χ0v) is 12.5. The molecular weight excluding hydrogens is 270 g/mol. The molecule has 6 heteroatoms. The number of hydrogen-bond donors (Lipinski definition) is 3. The molecule has 0 spiro atoms. The number of rotatable bonds is 8. The van der Waals surface area contributed by atoms with Gasteiger partial charge in [0.05, 0.1) is 0 Å². The summed E-state index contributed by atoms with van der Waals surface area (Å²) in [5.41, 5.74) is 6.85. The third kappa shape index (κ3) is 6.37. The smallest absolute Gasteiger partial charge is 0.250 e. The Morgan fingerprint density at radius 1 is 1.24 bits per heavy atom. The average molecular weight is 293 g/mol. The maximum Gasteiger partial charge on any atom is 0.250 e. The minimum absolute atomic E-state index is 0.00866. The highest BCUT2D eigenvalue weighted by Crippen LogP contribution is 2.16. The molecular formula is C15H23N3O3. The Balaban J connectivity index is 2.59. The fourth-order valence-corrected chi connectivity index (χ4v) is 1.87. The molecule has 1 aromatic rings. The number of carbonyl (C=O) groups excluding carboxylic acids is 2. The van der Waals surface area contributed by atoms with Crippen molar-refractivity contribution in [3.05, 3.63) is 24.3 Å². The summed E-state index contributed by atoms with van der Waals surface area (Å²) >= 11 is 0. The molecule has 0 aliphatic rings. The van der Waals surface area contributed by atoms with E-state index in [0.29, 0.717) is 24.3 Å². The number of hydrogen-bond acceptors (Lipinski definition) is 4. The maximum absolute atomic E-state index is 11.9. The van der Waals surface area contributed by atoms with Crippen molar-refractivity contribution in [1.29, 1.82) is 0 Å². The minimum atomic E-state index is -0.241. The fraction of sp³-hybridized carbons (Fsp3) is 0.467. The Hall–Kier alpha value is -1.92. The number of nitrogens with two attached hydrogens (primary N) is 1. The summed E-state index contributed by atoms with van der Waals surface area (Å²) in [6.45, 7) is 2.50. The normalized spacial score (nSPS) is 11.8. The van der Waals surface area contributed by atoms with Crippen LogP contribution in [0, 0.1) is 5.92 Å². The van der Waals surface area contributed by atoms with E-state index >= 15 is 0 Å². The molecule has 21 heavy (non-hydrogen) atoms. The van der Waals surface area contributed by atoms with Crippen LogP contribution in [-0.2, 0) is 14.3 Å². The van der Waals surface area contributed by atoms with Crippen LogP contribution in [0.5, 0.6) is 0 Å². The quantitative estimate of drug-likeness (QED) is 0.678. The topological polar surface area (TPSA) is 93.5 Å². The Kier molecular flexibility index (Phi) is 7.42. The van der Waals surface area contributed by atoms with Gasteiger partial charge in [-0.1, -0.05) is 19.4 Å². The van der Waals surface area contributed by atoms with Crippen LogP contribution in [0.3, 0.4) is 0 Å². The minimum Gasteiger partial charge on any atom is -0.375 e. The van der Waals surface area contributed by atoms with Gasteiger partial charge >= 0.3 is 0 Å². The van der Waals surface area contributed by atoms with Gasteiger partial charge in [-0.15, -0.1) is 0 Å². The van der Waals surface area contributed by atoms with Gasteiger partial charge in [0.15, 0.2) is 0 Å². The molecule has 0 saturated heterocycles. The molecule has 4 N–H and O–H groups in total. The first-order valence-corrected chi connectivity index (χ1v) is 6.97. The van der Waals surface area contributed by atoms with Crippen LogP contribution in [-0.4, -0.2) is 32.1 Å². The Bertz CT molecular complexity index is 473. The van der Waals surface area contributed by atoms with Gasteiger partial charge in [-0.2, -0.15) is 0 Å². The number of nitrogens with one attached hydrogen (secondary N) is 2. The molecule has 1 rings (SSSR count). The summed E-state index contributed by atoms with van der Waals surface area (Å²) in [5.74, 6) is -0.127. The van der Waals surface area contributed by atoms with Gasteiger partial charge in [-0.25, -0.2) is 0 Å². The number of carbonyl (C=O) groups is 2. The van der Waals surface area contributed by atoms with E-state index in [2.05, 4.69) is 10.6 Å². The average Bonchev–Trinajstić information content (AvgIpc) is 2.45. The van der Waals surface area contributed by atoms with Crippen LogP contribution in [0.25, 0.3) is 0 Å². The van der Waals surface area contributed by atoms with E-state index in [-0.39, 0.29) is 24.3 Å². The van der Waals surface area contributed by atoms with Crippen LogP contribution in [0.1, 0.15) is 19.8 Å². The van der Waals surface area contributed by atoms with Gasteiger partial charge in [0.1, 0.15) is 6.61 Å². The van der Waals surface area contributed by atoms with Crippen molar-refractivity contribution in [3.8, 4) is 0 Å². The van der Waals surface area contributed by atoms with E-state index in [4.69, 9.17) is 10.5 Å². The van der Waals surface area contributed by atoms with Crippen molar-refractivity contribution >= 4 is 23.2 Å². The lowest BCUT2D eigenvalue weighted by Gasteiger charge is -2.12. The van der Waals surface area contributed by atoms with Crippen molar-refractivity contribution in [3.63, 3.8) is 0 Å². The first-order chi connectivity index (χ1) is 10.1. The zero-order valence-electron chi connectivity index (χ0n) is 12.5. The molecule has 0 radical (unpaired) electrons. The molecule has 2 amide bonds. The Labute approximate surface area is 125 Å². The monoisotopic (exact) mass is 293 g/mol. The Morgan fingerprint density at radius 3 is 2.38 bits per heavy atom. The molecule has 0 aliphatic heterocycles. The Morgan fingerprint density at radius 2 is 1.86 bits per heavy atom. The van der Waals surface area contributed by atoms with Gasteiger partial charge in [-0.3, -0.25) is 9.59 Å². The van der Waals surface area contributed by atoms with E-state index in [1.54, 1.807) is 24.3 Å². The van der Waals surface area contributed by atoms with Crippen molar-refractivity contribution in [2.24, 2.45) is 11.7 Å². The zero-order chi connectivity index (χ0) is 15.7. The molecule has 116 valence electrons. The molecule has 1 aromatic carbocycles. The van der Waals surface area contributed by atoms with Gasteiger partial charge in [0.2, 0.25) is 11.8 Å². The lowest BCUT2D eigenvalue weighted by Crippen LogP contribution is -2.22. The van der Waals surface area contributed by atoms with E-state index < -0.39 is 0 Å². The van der Waals surface area contributed by atoms with Crippen LogP contribution in [0.4, 0.5) is 11.4 Å². The number of amides is 2. The molecule has 0 heterocycles. The van der Waals surface area contributed by atoms with Crippen molar-refractivity contribution in [2.45, 2.75) is 19.8 Å². The number of ether oxygens (including phenoxy) is 1. The van der Waals surface area contributed by atoms with Crippen molar-refractivity contribution in [1.82, 2.24) is 0 Å². The standard InChI is InChI=1S/C15H23N3O3/c1-3-11(9-16)7-14(19)17-12-5-4-6-13(8-12)18-15(20)10-21-2/h4-6,8,11H,3,7,9-10,16H2,1-2H3,(H,17,19)(H,18,20). The highest BCUT2D eigenvalue weighted by molar-refractivity contribution is 5.94. The van der Waals surface area contributed by atoms with Gasteiger partial charge in [0, 0.05) is 24.9 Å². The lowest BCUT2D eigenvalue weighted by atomic mass is 10.0. The first kappa shape index (κ1) is 17.1. The van der Waals surface area contributed by atoms with Crippen molar-refractivity contribution in [2.75, 3.05) is 30.9 Å². The van der Waals surface area contributed by atoms with E-state index in [1.807, 2.05) is 6.92 Å². The van der Waals surface area contributed by atoms with E-state index in [9.17, 15) is 9.59 Å². The number of anilines is 2. The van der Waals surface area contributed by atoms with Gasteiger partial charge in [-0.05, 0) is 30.7 Å². The summed E-state index contributed by atoms with van der Waals surface area (Å²) in [6, 6.07) is 6.98. The molecule has 6 nitrogen and oxygen atoms in total. The van der Waals surface area contributed by atoms with Crippen LogP contribution in [0.2, 0.25) is 0 Å². The first-order valence-electron chi connectivity index (χ1n) is 6.97.